The fraction of sp³-hybridized carbons (Fsp3) is 0.400. The van der Waals surface area contributed by atoms with Crippen molar-refractivity contribution in [3.8, 4) is 0 Å². The fourth-order valence-electron chi connectivity index (χ4n) is 2.29. The lowest BCUT2D eigenvalue weighted by atomic mass is 10.1. The molecule has 0 spiro atoms. The van der Waals surface area contributed by atoms with Gasteiger partial charge in [0.2, 0.25) is 0 Å². The summed E-state index contributed by atoms with van der Waals surface area (Å²) < 4.78 is 0. The molecule has 20 heavy (non-hydrogen) atoms. The Morgan fingerprint density at radius 2 is 2.05 bits per heavy atom. The van der Waals surface area contributed by atoms with E-state index in [-0.39, 0.29) is 24.0 Å². The van der Waals surface area contributed by atoms with E-state index in [9.17, 15) is 0 Å². The average molecular weight is 386 g/mol. The van der Waals surface area contributed by atoms with Gasteiger partial charge >= 0.3 is 0 Å². The number of hydrogen-bond donors (Lipinski definition) is 3. The number of hydrogen-bond acceptors (Lipinski definition) is 1. The highest BCUT2D eigenvalue weighted by Gasteiger charge is 2.07. The summed E-state index contributed by atoms with van der Waals surface area (Å²) in [6.07, 6.45) is 0.899. The molecule has 0 unspecified atom stereocenters. The van der Waals surface area contributed by atoms with Gasteiger partial charge in [0.15, 0.2) is 5.96 Å². The Bertz CT molecular complexity index is 587. The molecular weight excluding hydrogens is 363 g/mol. The van der Waals surface area contributed by atoms with Gasteiger partial charge in [0.25, 0.3) is 0 Å². The molecule has 4 nitrogen and oxygen atoms in total. The predicted octanol–water partition coefficient (Wildman–Crippen LogP) is 2.95. The van der Waals surface area contributed by atoms with Crippen LogP contribution in [-0.4, -0.2) is 23.5 Å². The van der Waals surface area contributed by atoms with Gasteiger partial charge in [-0.25, -0.2) is 0 Å². The van der Waals surface area contributed by atoms with Crippen molar-refractivity contribution < 1.29 is 0 Å². The molecule has 1 aromatic carbocycles. The number of para-hydroxylation sites is 1. The largest absolute Gasteiger partial charge is 0.370 e. The van der Waals surface area contributed by atoms with Crippen molar-refractivity contribution in [1.82, 2.24) is 10.3 Å². The maximum atomic E-state index is 5.80. The Balaban J connectivity index is 0.00000200. The number of nitrogens with one attached hydrogen (secondary N) is 2. The van der Waals surface area contributed by atoms with Crippen molar-refractivity contribution in [2.45, 2.75) is 33.2 Å². The van der Waals surface area contributed by atoms with Gasteiger partial charge in [-0.15, -0.1) is 24.0 Å². The summed E-state index contributed by atoms with van der Waals surface area (Å²) in [5, 5.41) is 4.38. The summed E-state index contributed by atoms with van der Waals surface area (Å²) in [5.41, 5.74) is 9.53. The molecule has 0 bridgehead atoms. The summed E-state index contributed by atoms with van der Waals surface area (Å²) in [5.74, 6) is 0.521. The van der Waals surface area contributed by atoms with Crippen molar-refractivity contribution in [3.63, 3.8) is 0 Å². The quantitative estimate of drug-likeness (QED) is 0.430. The van der Waals surface area contributed by atoms with E-state index < -0.39 is 0 Å². The monoisotopic (exact) mass is 386 g/mol. The van der Waals surface area contributed by atoms with Gasteiger partial charge in [0, 0.05) is 29.2 Å². The molecule has 0 amide bonds. The fourth-order valence-corrected chi connectivity index (χ4v) is 2.29. The summed E-state index contributed by atoms with van der Waals surface area (Å²) in [6.45, 7) is 6.90. The van der Waals surface area contributed by atoms with E-state index in [1.165, 1.54) is 22.2 Å². The third-order valence-corrected chi connectivity index (χ3v) is 3.11. The van der Waals surface area contributed by atoms with Gasteiger partial charge < -0.3 is 16.0 Å². The second-order valence-electron chi connectivity index (χ2n) is 5.09. The number of nitrogens with zero attached hydrogens (tertiary/aromatic N) is 1. The minimum Gasteiger partial charge on any atom is -0.370 e. The molecule has 0 fully saturated rings. The molecule has 2 aromatic rings. The van der Waals surface area contributed by atoms with Crippen molar-refractivity contribution >= 4 is 40.8 Å². The minimum atomic E-state index is 0. The highest BCUT2D eigenvalue weighted by molar-refractivity contribution is 14.0. The molecular formula is C15H23IN4. The molecule has 0 saturated heterocycles. The minimum absolute atomic E-state index is 0. The van der Waals surface area contributed by atoms with Crippen LogP contribution in [0, 0.1) is 6.92 Å². The molecule has 0 aliphatic heterocycles. The van der Waals surface area contributed by atoms with Crippen molar-refractivity contribution in [2.75, 3.05) is 6.54 Å². The van der Waals surface area contributed by atoms with Crippen LogP contribution in [0.1, 0.15) is 25.1 Å². The molecule has 1 heterocycles. The number of rotatable bonds is 4. The van der Waals surface area contributed by atoms with E-state index in [1.54, 1.807) is 0 Å². The van der Waals surface area contributed by atoms with Crippen LogP contribution >= 0.6 is 24.0 Å². The van der Waals surface area contributed by atoms with Crippen molar-refractivity contribution in [1.29, 1.82) is 0 Å². The van der Waals surface area contributed by atoms with E-state index in [0.29, 0.717) is 18.5 Å². The van der Waals surface area contributed by atoms with E-state index in [1.807, 2.05) is 19.9 Å². The predicted molar refractivity (Wildman–Crippen MR) is 96.9 cm³/mol. The molecule has 0 aliphatic rings. The van der Waals surface area contributed by atoms with Crippen LogP contribution in [0.2, 0.25) is 0 Å². The van der Waals surface area contributed by atoms with E-state index in [0.717, 1.165) is 6.42 Å². The number of aromatic amines is 1. The lowest BCUT2D eigenvalue weighted by Gasteiger charge is -2.08. The molecule has 4 N–H and O–H groups in total. The third kappa shape index (κ3) is 4.13. The number of guanidine groups is 1. The van der Waals surface area contributed by atoms with Crippen LogP contribution in [0.5, 0.6) is 0 Å². The van der Waals surface area contributed by atoms with Crippen LogP contribution in [0.4, 0.5) is 0 Å². The molecule has 110 valence electrons. The van der Waals surface area contributed by atoms with Crippen LogP contribution in [0.15, 0.2) is 29.3 Å². The van der Waals surface area contributed by atoms with Crippen LogP contribution in [0.25, 0.3) is 10.9 Å². The second kappa shape index (κ2) is 7.52. The maximum absolute atomic E-state index is 5.80. The zero-order chi connectivity index (χ0) is 13.8. The molecule has 0 saturated carbocycles. The topological polar surface area (TPSA) is 66.2 Å². The van der Waals surface area contributed by atoms with Crippen LogP contribution in [-0.2, 0) is 6.42 Å². The standard InChI is InChI=1S/C15H22N4.HI/c1-10(2)18-15(16)17-9-8-12-11(3)19-14-7-5-4-6-13(12)14;/h4-7,10,19H,8-9H2,1-3H3,(H3,16,17,18);1H. The molecule has 5 heteroatoms. The summed E-state index contributed by atoms with van der Waals surface area (Å²) in [6, 6.07) is 8.68. The average Bonchev–Trinajstić information content (AvgIpc) is 2.65. The maximum Gasteiger partial charge on any atom is 0.188 e. The number of benzene rings is 1. The van der Waals surface area contributed by atoms with Crippen LogP contribution in [0.3, 0.4) is 0 Å². The van der Waals surface area contributed by atoms with Crippen molar-refractivity contribution in [3.05, 3.63) is 35.5 Å². The highest BCUT2D eigenvalue weighted by atomic mass is 127. The zero-order valence-corrected chi connectivity index (χ0v) is 14.6. The first-order valence-corrected chi connectivity index (χ1v) is 6.70. The number of H-pyrrole nitrogens is 1. The number of nitrogens with two attached hydrogens (primary N) is 1. The zero-order valence-electron chi connectivity index (χ0n) is 12.2. The Morgan fingerprint density at radius 3 is 2.75 bits per heavy atom. The van der Waals surface area contributed by atoms with Gasteiger partial charge in [-0.1, -0.05) is 18.2 Å². The van der Waals surface area contributed by atoms with Gasteiger partial charge in [0.1, 0.15) is 0 Å². The number of aromatic nitrogens is 1. The highest BCUT2D eigenvalue weighted by Crippen LogP contribution is 2.22. The van der Waals surface area contributed by atoms with Gasteiger partial charge in [-0.2, -0.15) is 0 Å². The number of aliphatic imine (C=N–C) groups is 1. The summed E-state index contributed by atoms with van der Waals surface area (Å²) in [7, 11) is 0. The number of halogens is 1. The van der Waals surface area contributed by atoms with Gasteiger partial charge in [-0.3, -0.25) is 4.99 Å². The Kier molecular flexibility index (Phi) is 6.32. The van der Waals surface area contributed by atoms with Crippen LogP contribution < -0.4 is 11.1 Å². The third-order valence-electron chi connectivity index (χ3n) is 3.11. The molecule has 0 radical (unpaired) electrons. The van der Waals surface area contributed by atoms with E-state index in [2.05, 4.69) is 40.4 Å². The Hall–Kier alpha value is -1.24. The first kappa shape index (κ1) is 16.8. The number of fused-ring (bicyclic) bond motifs is 1. The second-order valence-corrected chi connectivity index (χ2v) is 5.09. The molecule has 0 aliphatic carbocycles. The SMILES string of the molecule is Cc1[nH]c2ccccc2c1CCN=C(N)NC(C)C.I. The van der Waals surface area contributed by atoms with Gasteiger partial charge in [-0.05, 0) is 38.8 Å². The smallest absolute Gasteiger partial charge is 0.188 e. The summed E-state index contributed by atoms with van der Waals surface area (Å²) in [4.78, 5) is 7.76. The number of aryl methyl sites for hydroxylation is 1. The Morgan fingerprint density at radius 1 is 1.35 bits per heavy atom. The first-order valence-electron chi connectivity index (χ1n) is 6.70. The molecule has 1 aromatic heterocycles. The summed E-state index contributed by atoms with van der Waals surface area (Å²) >= 11 is 0. The normalized spacial score (nSPS) is 11.7. The van der Waals surface area contributed by atoms with Gasteiger partial charge in [0.05, 0.1) is 0 Å². The van der Waals surface area contributed by atoms with Crippen molar-refractivity contribution in [2.24, 2.45) is 10.7 Å². The van der Waals surface area contributed by atoms with E-state index in [4.69, 9.17) is 5.73 Å². The molecule has 0 atom stereocenters. The Labute approximate surface area is 137 Å². The lowest BCUT2D eigenvalue weighted by molar-refractivity contribution is 0.723. The molecule has 2 rings (SSSR count). The lowest BCUT2D eigenvalue weighted by Crippen LogP contribution is -2.36. The van der Waals surface area contributed by atoms with E-state index >= 15 is 0 Å². The first-order chi connectivity index (χ1) is 9.08.